The van der Waals surface area contributed by atoms with E-state index in [-0.39, 0.29) is 0 Å². The standard InChI is InChI=1S/C17H28N4O3S/c1-13-4-7-15(16(10-13)24-12-14-5-6-14)11-20-17(18-2)19-8-9-21-25(3,22)23/h4,7,10,14,21H,5-6,8-9,11-12H2,1-3H3,(H2,18,19,20). The van der Waals surface area contributed by atoms with Gasteiger partial charge in [-0.1, -0.05) is 12.1 Å². The molecule has 0 unspecified atom stereocenters. The van der Waals surface area contributed by atoms with Crippen LogP contribution in [0, 0.1) is 12.8 Å². The first-order valence-electron chi connectivity index (χ1n) is 8.49. The van der Waals surface area contributed by atoms with Gasteiger partial charge in [-0.25, -0.2) is 13.1 Å². The van der Waals surface area contributed by atoms with Gasteiger partial charge in [-0.2, -0.15) is 0 Å². The van der Waals surface area contributed by atoms with Crippen molar-refractivity contribution in [3.05, 3.63) is 29.3 Å². The van der Waals surface area contributed by atoms with Crippen LogP contribution >= 0.6 is 0 Å². The normalized spacial score (nSPS) is 15.1. The topological polar surface area (TPSA) is 91.8 Å². The molecular weight excluding hydrogens is 340 g/mol. The van der Waals surface area contributed by atoms with Crippen LogP contribution in [-0.2, 0) is 16.6 Å². The Hall–Kier alpha value is -1.80. The van der Waals surface area contributed by atoms with Crippen molar-refractivity contribution in [1.29, 1.82) is 0 Å². The van der Waals surface area contributed by atoms with Crippen molar-refractivity contribution < 1.29 is 13.2 Å². The van der Waals surface area contributed by atoms with Crippen molar-refractivity contribution in [2.24, 2.45) is 10.9 Å². The third kappa shape index (κ3) is 7.74. The van der Waals surface area contributed by atoms with E-state index in [1.165, 1.54) is 18.4 Å². The van der Waals surface area contributed by atoms with Crippen LogP contribution < -0.4 is 20.1 Å². The molecule has 0 amide bonds. The lowest BCUT2D eigenvalue weighted by Gasteiger charge is -2.15. The molecule has 8 heteroatoms. The van der Waals surface area contributed by atoms with Crippen molar-refractivity contribution in [1.82, 2.24) is 15.4 Å². The summed E-state index contributed by atoms with van der Waals surface area (Å²) in [7, 11) is -1.49. The van der Waals surface area contributed by atoms with E-state index in [9.17, 15) is 8.42 Å². The molecule has 0 radical (unpaired) electrons. The lowest BCUT2D eigenvalue weighted by molar-refractivity contribution is 0.296. The molecule has 7 nitrogen and oxygen atoms in total. The number of hydrogen-bond acceptors (Lipinski definition) is 4. The first-order chi connectivity index (χ1) is 11.9. The van der Waals surface area contributed by atoms with E-state index in [0.29, 0.717) is 31.5 Å². The highest BCUT2D eigenvalue weighted by Crippen LogP contribution is 2.30. The minimum atomic E-state index is -3.17. The summed E-state index contributed by atoms with van der Waals surface area (Å²) < 4.78 is 30.5. The maximum absolute atomic E-state index is 11.0. The summed E-state index contributed by atoms with van der Waals surface area (Å²) in [6.45, 7) is 4.17. The van der Waals surface area contributed by atoms with Crippen LogP contribution in [0.25, 0.3) is 0 Å². The van der Waals surface area contributed by atoms with Crippen LogP contribution in [0.3, 0.4) is 0 Å². The van der Waals surface area contributed by atoms with Gasteiger partial charge in [0, 0.05) is 32.2 Å². The molecular formula is C17H28N4O3S. The molecule has 0 saturated heterocycles. The molecule has 2 rings (SSSR count). The largest absolute Gasteiger partial charge is 0.493 e. The summed E-state index contributed by atoms with van der Waals surface area (Å²) >= 11 is 0. The van der Waals surface area contributed by atoms with Crippen LogP contribution in [-0.4, -0.2) is 47.4 Å². The van der Waals surface area contributed by atoms with Gasteiger partial charge in [-0.15, -0.1) is 0 Å². The molecule has 0 heterocycles. The summed E-state index contributed by atoms with van der Waals surface area (Å²) in [4.78, 5) is 4.14. The van der Waals surface area contributed by atoms with Gasteiger partial charge in [-0.05, 0) is 37.3 Å². The molecule has 140 valence electrons. The molecule has 25 heavy (non-hydrogen) atoms. The molecule has 1 aromatic carbocycles. The number of nitrogens with zero attached hydrogens (tertiary/aromatic N) is 1. The fourth-order valence-electron chi connectivity index (χ4n) is 2.25. The van der Waals surface area contributed by atoms with E-state index in [4.69, 9.17) is 4.74 Å². The molecule has 1 fully saturated rings. The van der Waals surface area contributed by atoms with Crippen molar-refractivity contribution in [3.8, 4) is 5.75 Å². The second-order valence-corrected chi connectivity index (χ2v) is 8.22. The number of hydrogen-bond donors (Lipinski definition) is 3. The fraction of sp³-hybridized carbons (Fsp3) is 0.588. The molecule has 1 aliphatic rings. The van der Waals surface area contributed by atoms with E-state index in [0.717, 1.165) is 24.2 Å². The van der Waals surface area contributed by atoms with Gasteiger partial charge < -0.3 is 15.4 Å². The monoisotopic (exact) mass is 368 g/mol. The fourth-order valence-corrected chi connectivity index (χ4v) is 2.72. The van der Waals surface area contributed by atoms with Crippen LogP contribution in [0.15, 0.2) is 23.2 Å². The van der Waals surface area contributed by atoms with Gasteiger partial charge >= 0.3 is 0 Å². The zero-order valence-electron chi connectivity index (χ0n) is 15.1. The maximum atomic E-state index is 11.0. The van der Waals surface area contributed by atoms with Crippen molar-refractivity contribution in [2.75, 3.05) is 33.0 Å². The summed E-state index contributed by atoms with van der Waals surface area (Å²) in [5.74, 6) is 2.23. The van der Waals surface area contributed by atoms with Crippen LogP contribution in [0.4, 0.5) is 0 Å². The Morgan fingerprint density at radius 1 is 1.28 bits per heavy atom. The molecule has 0 aromatic heterocycles. The molecule has 0 spiro atoms. The van der Waals surface area contributed by atoms with Gasteiger partial charge in [-0.3, -0.25) is 4.99 Å². The highest BCUT2D eigenvalue weighted by Gasteiger charge is 2.22. The van der Waals surface area contributed by atoms with E-state index in [1.54, 1.807) is 7.05 Å². The average molecular weight is 369 g/mol. The van der Waals surface area contributed by atoms with Crippen LogP contribution in [0.2, 0.25) is 0 Å². The van der Waals surface area contributed by atoms with Crippen LogP contribution in [0.1, 0.15) is 24.0 Å². The predicted molar refractivity (Wildman–Crippen MR) is 100 cm³/mol. The SMILES string of the molecule is CN=C(NCCNS(C)(=O)=O)NCc1ccc(C)cc1OCC1CC1. The number of ether oxygens (including phenoxy) is 1. The summed E-state index contributed by atoms with van der Waals surface area (Å²) in [5.41, 5.74) is 2.24. The summed E-state index contributed by atoms with van der Waals surface area (Å²) in [6, 6.07) is 6.18. The smallest absolute Gasteiger partial charge is 0.208 e. The van der Waals surface area contributed by atoms with Crippen LogP contribution in [0.5, 0.6) is 5.75 Å². The number of guanidine groups is 1. The third-order valence-electron chi connectivity index (χ3n) is 3.85. The lowest BCUT2D eigenvalue weighted by Crippen LogP contribution is -2.41. The van der Waals surface area contributed by atoms with E-state index in [2.05, 4.69) is 45.5 Å². The summed E-state index contributed by atoms with van der Waals surface area (Å²) in [6.07, 6.45) is 3.66. The van der Waals surface area contributed by atoms with Gasteiger partial charge in [0.05, 0.1) is 12.9 Å². The number of aryl methyl sites for hydroxylation is 1. The number of sulfonamides is 1. The predicted octanol–water partition coefficient (Wildman–Crippen LogP) is 0.998. The number of nitrogens with one attached hydrogen (secondary N) is 3. The third-order valence-corrected chi connectivity index (χ3v) is 4.57. The van der Waals surface area contributed by atoms with E-state index >= 15 is 0 Å². The number of aliphatic imine (C=N–C) groups is 1. The highest BCUT2D eigenvalue weighted by molar-refractivity contribution is 7.88. The maximum Gasteiger partial charge on any atom is 0.208 e. The van der Waals surface area contributed by atoms with E-state index in [1.807, 2.05) is 0 Å². The van der Waals surface area contributed by atoms with Gasteiger partial charge in [0.2, 0.25) is 10.0 Å². The Balaban J connectivity index is 1.83. The Labute approximate surface area is 150 Å². The van der Waals surface area contributed by atoms with Gasteiger partial charge in [0.25, 0.3) is 0 Å². The Kier molecular flexibility index (Phi) is 7.07. The van der Waals surface area contributed by atoms with Gasteiger partial charge in [0.1, 0.15) is 5.75 Å². The zero-order chi connectivity index (χ0) is 18.3. The minimum Gasteiger partial charge on any atom is -0.493 e. The molecule has 0 atom stereocenters. The second kappa shape index (κ2) is 9.05. The van der Waals surface area contributed by atoms with E-state index < -0.39 is 10.0 Å². The Morgan fingerprint density at radius 3 is 2.68 bits per heavy atom. The zero-order valence-corrected chi connectivity index (χ0v) is 15.9. The summed E-state index contributed by atoms with van der Waals surface area (Å²) in [5, 5.41) is 6.30. The minimum absolute atomic E-state index is 0.305. The Morgan fingerprint density at radius 2 is 2.04 bits per heavy atom. The first kappa shape index (κ1) is 19.5. The Bertz CT molecular complexity index is 700. The molecule has 0 aliphatic heterocycles. The highest BCUT2D eigenvalue weighted by atomic mass is 32.2. The quantitative estimate of drug-likeness (QED) is 0.344. The van der Waals surface area contributed by atoms with Crippen molar-refractivity contribution in [3.63, 3.8) is 0 Å². The average Bonchev–Trinajstić information content (AvgIpc) is 3.37. The van der Waals surface area contributed by atoms with Crippen molar-refractivity contribution in [2.45, 2.75) is 26.3 Å². The number of rotatable bonds is 9. The molecule has 1 saturated carbocycles. The second-order valence-electron chi connectivity index (χ2n) is 6.38. The first-order valence-corrected chi connectivity index (χ1v) is 10.4. The molecule has 3 N–H and O–H groups in total. The van der Waals surface area contributed by atoms with Gasteiger partial charge in [0.15, 0.2) is 5.96 Å². The molecule has 1 aliphatic carbocycles. The molecule has 0 bridgehead atoms. The molecule has 1 aromatic rings. The van der Waals surface area contributed by atoms with Crippen molar-refractivity contribution >= 4 is 16.0 Å². The lowest BCUT2D eigenvalue weighted by atomic mass is 10.1. The number of benzene rings is 1.